The summed E-state index contributed by atoms with van der Waals surface area (Å²) in [5.74, 6) is 0. The standard InChI is InChI=1S/C9H14N2/c1-3-8-4-5-11-6-9(8)7(2)10/h4-7H,3,10H2,1-2H3/t7-/m0/s1. The second-order valence-electron chi connectivity index (χ2n) is 2.72. The Labute approximate surface area is 67.5 Å². The van der Waals surface area contributed by atoms with Crippen molar-refractivity contribution in [2.45, 2.75) is 26.3 Å². The van der Waals surface area contributed by atoms with Crippen LogP contribution in [0.5, 0.6) is 0 Å². The molecule has 1 atom stereocenters. The topological polar surface area (TPSA) is 38.9 Å². The molecule has 11 heavy (non-hydrogen) atoms. The van der Waals surface area contributed by atoms with E-state index in [4.69, 9.17) is 5.73 Å². The van der Waals surface area contributed by atoms with E-state index < -0.39 is 0 Å². The lowest BCUT2D eigenvalue weighted by Crippen LogP contribution is -2.08. The zero-order valence-corrected chi connectivity index (χ0v) is 7.04. The lowest BCUT2D eigenvalue weighted by Gasteiger charge is -2.09. The van der Waals surface area contributed by atoms with Crippen LogP contribution in [0, 0.1) is 0 Å². The molecule has 0 bridgehead atoms. The first-order chi connectivity index (χ1) is 5.25. The van der Waals surface area contributed by atoms with E-state index >= 15 is 0 Å². The Bertz CT molecular complexity index is 231. The van der Waals surface area contributed by atoms with Gasteiger partial charge in [0.2, 0.25) is 0 Å². The van der Waals surface area contributed by atoms with E-state index in [2.05, 4.69) is 11.9 Å². The number of aryl methyl sites for hydroxylation is 1. The van der Waals surface area contributed by atoms with Crippen molar-refractivity contribution < 1.29 is 0 Å². The quantitative estimate of drug-likeness (QED) is 0.696. The van der Waals surface area contributed by atoms with Gasteiger partial charge >= 0.3 is 0 Å². The molecule has 2 heteroatoms. The summed E-state index contributed by atoms with van der Waals surface area (Å²) in [7, 11) is 0. The summed E-state index contributed by atoms with van der Waals surface area (Å²) in [5, 5.41) is 0. The molecule has 1 heterocycles. The molecule has 0 aliphatic carbocycles. The molecule has 0 saturated heterocycles. The largest absolute Gasteiger partial charge is 0.324 e. The summed E-state index contributed by atoms with van der Waals surface area (Å²) < 4.78 is 0. The van der Waals surface area contributed by atoms with E-state index in [0.29, 0.717) is 0 Å². The molecule has 1 rings (SSSR count). The number of nitrogens with zero attached hydrogens (tertiary/aromatic N) is 1. The lowest BCUT2D eigenvalue weighted by atomic mass is 10.0. The van der Waals surface area contributed by atoms with Gasteiger partial charge in [-0.05, 0) is 30.5 Å². The van der Waals surface area contributed by atoms with Gasteiger partial charge in [-0.3, -0.25) is 4.98 Å². The predicted molar refractivity (Wildman–Crippen MR) is 46.2 cm³/mol. The van der Waals surface area contributed by atoms with E-state index in [-0.39, 0.29) is 6.04 Å². The molecule has 0 aliphatic rings. The van der Waals surface area contributed by atoms with Crippen molar-refractivity contribution in [3.63, 3.8) is 0 Å². The Hall–Kier alpha value is -0.890. The average Bonchev–Trinajstić information content (AvgIpc) is 2.04. The van der Waals surface area contributed by atoms with Crippen molar-refractivity contribution in [2.75, 3.05) is 0 Å². The number of aromatic nitrogens is 1. The molecule has 1 aromatic rings. The summed E-state index contributed by atoms with van der Waals surface area (Å²) in [5.41, 5.74) is 8.21. The van der Waals surface area contributed by atoms with E-state index in [1.165, 1.54) is 5.56 Å². The molecule has 1 aromatic heterocycles. The van der Waals surface area contributed by atoms with E-state index in [1.54, 1.807) is 0 Å². The second kappa shape index (κ2) is 3.49. The highest BCUT2D eigenvalue weighted by Crippen LogP contribution is 2.13. The fourth-order valence-corrected chi connectivity index (χ4v) is 1.17. The Morgan fingerprint density at radius 3 is 2.82 bits per heavy atom. The third-order valence-electron chi connectivity index (χ3n) is 1.82. The van der Waals surface area contributed by atoms with Crippen molar-refractivity contribution >= 4 is 0 Å². The monoisotopic (exact) mass is 150 g/mol. The molecule has 0 unspecified atom stereocenters. The smallest absolute Gasteiger partial charge is 0.0318 e. The van der Waals surface area contributed by atoms with Gasteiger partial charge in [0, 0.05) is 18.4 Å². The lowest BCUT2D eigenvalue weighted by molar-refractivity contribution is 0.793. The second-order valence-corrected chi connectivity index (χ2v) is 2.72. The highest BCUT2D eigenvalue weighted by atomic mass is 14.7. The molecule has 2 N–H and O–H groups in total. The van der Waals surface area contributed by atoms with Crippen LogP contribution in [0.25, 0.3) is 0 Å². The molecule has 0 saturated carbocycles. The summed E-state index contributed by atoms with van der Waals surface area (Å²) in [4.78, 5) is 4.03. The van der Waals surface area contributed by atoms with E-state index in [0.717, 1.165) is 12.0 Å². The van der Waals surface area contributed by atoms with Gasteiger partial charge in [-0.1, -0.05) is 6.92 Å². The van der Waals surface area contributed by atoms with Gasteiger partial charge in [-0.15, -0.1) is 0 Å². The van der Waals surface area contributed by atoms with Gasteiger partial charge < -0.3 is 5.73 Å². The molecule has 2 nitrogen and oxygen atoms in total. The van der Waals surface area contributed by atoms with Crippen LogP contribution >= 0.6 is 0 Å². The Kier molecular flexibility index (Phi) is 2.60. The van der Waals surface area contributed by atoms with Crippen molar-refractivity contribution in [3.05, 3.63) is 29.6 Å². The first kappa shape index (κ1) is 8.21. The first-order valence-corrected chi connectivity index (χ1v) is 3.94. The van der Waals surface area contributed by atoms with Crippen LogP contribution in [0.15, 0.2) is 18.5 Å². The van der Waals surface area contributed by atoms with Gasteiger partial charge in [0.05, 0.1) is 0 Å². The number of pyridine rings is 1. The van der Waals surface area contributed by atoms with E-state index in [1.807, 2.05) is 25.4 Å². The average molecular weight is 150 g/mol. The van der Waals surface area contributed by atoms with Gasteiger partial charge in [-0.25, -0.2) is 0 Å². The minimum absolute atomic E-state index is 0.0960. The fraction of sp³-hybridized carbons (Fsp3) is 0.444. The van der Waals surface area contributed by atoms with Gasteiger partial charge in [0.15, 0.2) is 0 Å². The maximum absolute atomic E-state index is 5.75. The van der Waals surface area contributed by atoms with Gasteiger partial charge in [0.25, 0.3) is 0 Å². The zero-order valence-electron chi connectivity index (χ0n) is 7.04. The van der Waals surface area contributed by atoms with Crippen LogP contribution in [0.3, 0.4) is 0 Å². The number of hydrogen-bond acceptors (Lipinski definition) is 2. The summed E-state index contributed by atoms with van der Waals surface area (Å²) in [6, 6.07) is 2.12. The molecule has 0 fully saturated rings. The molecule has 0 aliphatic heterocycles. The maximum atomic E-state index is 5.75. The van der Waals surface area contributed by atoms with Crippen LogP contribution in [-0.2, 0) is 6.42 Å². The highest BCUT2D eigenvalue weighted by Gasteiger charge is 2.03. The third kappa shape index (κ3) is 1.77. The van der Waals surface area contributed by atoms with Crippen molar-refractivity contribution in [1.29, 1.82) is 0 Å². The normalized spacial score (nSPS) is 13.0. The van der Waals surface area contributed by atoms with Gasteiger partial charge in [0.1, 0.15) is 0 Å². The first-order valence-electron chi connectivity index (χ1n) is 3.94. The summed E-state index contributed by atoms with van der Waals surface area (Å²) in [6.07, 6.45) is 4.69. The van der Waals surface area contributed by atoms with Gasteiger partial charge in [-0.2, -0.15) is 0 Å². The molecule has 60 valence electrons. The zero-order chi connectivity index (χ0) is 8.27. The van der Waals surface area contributed by atoms with Crippen LogP contribution in [0.1, 0.15) is 31.0 Å². The summed E-state index contributed by atoms with van der Waals surface area (Å²) >= 11 is 0. The minimum Gasteiger partial charge on any atom is -0.324 e. The molecule has 0 amide bonds. The van der Waals surface area contributed by atoms with Crippen molar-refractivity contribution in [1.82, 2.24) is 4.98 Å². The molecular formula is C9H14N2. The van der Waals surface area contributed by atoms with Crippen LogP contribution in [0.2, 0.25) is 0 Å². The highest BCUT2D eigenvalue weighted by molar-refractivity contribution is 5.25. The van der Waals surface area contributed by atoms with Crippen LogP contribution in [-0.4, -0.2) is 4.98 Å². The summed E-state index contributed by atoms with van der Waals surface area (Å²) in [6.45, 7) is 4.11. The SMILES string of the molecule is CCc1ccncc1[C@H](C)N. The maximum Gasteiger partial charge on any atom is 0.0318 e. The molecular weight excluding hydrogens is 136 g/mol. The predicted octanol–water partition coefficient (Wildman–Crippen LogP) is 1.66. The molecule has 0 radical (unpaired) electrons. The van der Waals surface area contributed by atoms with E-state index in [9.17, 15) is 0 Å². The number of hydrogen-bond donors (Lipinski definition) is 1. The van der Waals surface area contributed by atoms with Crippen LogP contribution < -0.4 is 5.73 Å². The third-order valence-corrected chi connectivity index (χ3v) is 1.82. The molecule has 0 spiro atoms. The number of nitrogens with two attached hydrogens (primary N) is 1. The van der Waals surface area contributed by atoms with Crippen molar-refractivity contribution in [2.24, 2.45) is 5.73 Å². The van der Waals surface area contributed by atoms with Crippen LogP contribution in [0.4, 0.5) is 0 Å². The Morgan fingerprint density at radius 2 is 2.36 bits per heavy atom. The number of rotatable bonds is 2. The molecule has 0 aromatic carbocycles. The fourth-order valence-electron chi connectivity index (χ4n) is 1.17. The Morgan fingerprint density at radius 1 is 1.64 bits per heavy atom. The minimum atomic E-state index is 0.0960. The van der Waals surface area contributed by atoms with Crippen molar-refractivity contribution in [3.8, 4) is 0 Å². The Balaban J connectivity index is 3.02.